The third-order valence-electron chi connectivity index (χ3n) is 3.85. The highest BCUT2D eigenvalue weighted by molar-refractivity contribution is 5.79. The average molecular weight is 355 g/mol. The number of aliphatic hydroxyl groups excluding tert-OH is 1. The van der Waals surface area contributed by atoms with Crippen molar-refractivity contribution in [1.29, 1.82) is 0 Å². The van der Waals surface area contributed by atoms with Crippen LogP contribution in [-0.4, -0.2) is 37.3 Å². The quantitative estimate of drug-likeness (QED) is 0.348. The van der Waals surface area contributed by atoms with Crippen molar-refractivity contribution in [1.82, 2.24) is 10.6 Å². The number of aliphatic imine (C=N–C) groups is 1. The lowest BCUT2D eigenvalue weighted by molar-refractivity contribution is 0.125. The third-order valence-corrected chi connectivity index (χ3v) is 3.85. The van der Waals surface area contributed by atoms with Crippen LogP contribution in [0.2, 0.25) is 0 Å². The molecule has 1 unspecified atom stereocenters. The van der Waals surface area contributed by atoms with E-state index >= 15 is 0 Å². The van der Waals surface area contributed by atoms with Gasteiger partial charge in [0.05, 0.1) is 19.3 Å². The summed E-state index contributed by atoms with van der Waals surface area (Å²) in [5, 5.41) is 16.6. The van der Waals surface area contributed by atoms with Crippen molar-refractivity contribution in [2.24, 2.45) is 4.99 Å². The van der Waals surface area contributed by atoms with E-state index in [-0.39, 0.29) is 0 Å². The van der Waals surface area contributed by atoms with Crippen LogP contribution in [-0.2, 0) is 11.3 Å². The van der Waals surface area contributed by atoms with Gasteiger partial charge in [0.15, 0.2) is 5.96 Å². The molecule has 0 aliphatic carbocycles. The Labute approximate surface area is 156 Å². The highest BCUT2D eigenvalue weighted by Crippen LogP contribution is 2.15. The SMILES string of the molecule is CCNC(=NCCC(O)c1ccccc1)NCCOCc1ccccc1. The van der Waals surface area contributed by atoms with Crippen LogP contribution in [0.15, 0.2) is 65.7 Å². The summed E-state index contributed by atoms with van der Waals surface area (Å²) in [6, 6.07) is 19.8. The molecule has 0 spiro atoms. The molecular weight excluding hydrogens is 326 g/mol. The molecule has 0 radical (unpaired) electrons. The van der Waals surface area contributed by atoms with Gasteiger partial charge in [0.1, 0.15) is 0 Å². The number of guanidine groups is 1. The van der Waals surface area contributed by atoms with Gasteiger partial charge in [-0.25, -0.2) is 0 Å². The molecule has 140 valence electrons. The van der Waals surface area contributed by atoms with Gasteiger partial charge in [-0.3, -0.25) is 4.99 Å². The molecule has 0 aliphatic heterocycles. The standard InChI is InChI=1S/C21H29N3O2/c1-2-22-21(23-14-13-20(25)19-11-7-4-8-12-19)24-15-16-26-17-18-9-5-3-6-10-18/h3-12,20,25H,2,13-17H2,1H3,(H2,22,23,24). The lowest BCUT2D eigenvalue weighted by Crippen LogP contribution is -2.39. The van der Waals surface area contributed by atoms with E-state index in [9.17, 15) is 5.11 Å². The summed E-state index contributed by atoms with van der Waals surface area (Å²) in [4.78, 5) is 4.51. The van der Waals surface area contributed by atoms with E-state index in [0.29, 0.717) is 32.7 Å². The first-order valence-corrected chi connectivity index (χ1v) is 9.16. The smallest absolute Gasteiger partial charge is 0.191 e. The predicted molar refractivity (Wildman–Crippen MR) is 106 cm³/mol. The molecule has 2 aromatic rings. The third kappa shape index (κ3) is 7.68. The number of hydrogen-bond acceptors (Lipinski definition) is 3. The van der Waals surface area contributed by atoms with Crippen LogP contribution in [0.1, 0.15) is 30.6 Å². The number of nitrogens with zero attached hydrogens (tertiary/aromatic N) is 1. The van der Waals surface area contributed by atoms with Gasteiger partial charge in [-0.2, -0.15) is 0 Å². The summed E-state index contributed by atoms with van der Waals surface area (Å²) in [5.41, 5.74) is 2.10. The van der Waals surface area contributed by atoms with Crippen molar-refractivity contribution in [2.45, 2.75) is 26.1 Å². The van der Waals surface area contributed by atoms with Gasteiger partial charge in [-0.1, -0.05) is 60.7 Å². The summed E-state index contributed by atoms with van der Waals surface area (Å²) < 4.78 is 5.66. The molecule has 0 saturated carbocycles. The lowest BCUT2D eigenvalue weighted by Gasteiger charge is -2.13. The maximum absolute atomic E-state index is 10.2. The topological polar surface area (TPSA) is 65.9 Å². The molecule has 0 bridgehead atoms. The zero-order valence-corrected chi connectivity index (χ0v) is 15.4. The van der Waals surface area contributed by atoms with Gasteiger partial charge in [0.25, 0.3) is 0 Å². The van der Waals surface area contributed by atoms with E-state index in [1.165, 1.54) is 5.56 Å². The second kappa shape index (κ2) is 12.1. The monoisotopic (exact) mass is 355 g/mol. The fourth-order valence-electron chi connectivity index (χ4n) is 2.49. The molecule has 5 heteroatoms. The summed E-state index contributed by atoms with van der Waals surface area (Å²) in [7, 11) is 0. The lowest BCUT2D eigenvalue weighted by atomic mass is 10.1. The average Bonchev–Trinajstić information content (AvgIpc) is 2.69. The first-order valence-electron chi connectivity index (χ1n) is 9.16. The Morgan fingerprint density at radius 1 is 1.04 bits per heavy atom. The summed E-state index contributed by atoms with van der Waals surface area (Å²) in [6.07, 6.45) is 0.0995. The first kappa shape index (κ1) is 19.9. The number of benzene rings is 2. The van der Waals surface area contributed by atoms with E-state index < -0.39 is 6.10 Å². The van der Waals surface area contributed by atoms with Gasteiger partial charge in [-0.05, 0) is 24.5 Å². The predicted octanol–water partition coefficient (Wildman–Crippen LogP) is 2.88. The highest BCUT2D eigenvalue weighted by Gasteiger charge is 2.06. The molecule has 5 nitrogen and oxygen atoms in total. The van der Waals surface area contributed by atoms with Crippen LogP contribution in [0, 0.1) is 0 Å². The minimum absolute atomic E-state index is 0.489. The molecule has 0 aromatic heterocycles. The normalized spacial score (nSPS) is 12.6. The van der Waals surface area contributed by atoms with E-state index in [0.717, 1.165) is 18.1 Å². The molecule has 0 saturated heterocycles. The fraction of sp³-hybridized carbons (Fsp3) is 0.381. The summed E-state index contributed by atoms with van der Waals surface area (Å²) in [6.45, 7) is 5.27. The molecular formula is C21H29N3O2. The maximum Gasteiger partial charge on any atom is 0.191 e. The van der Waals surface area contributed by atoms with Gasteiger partial charge in [-0.15, -0.1) is 0 Å². The van der Waals surface area contributed by atoms with Crippen molar-refractivity contribution in [2.75, 3.05) is 26.2 Å². The second-order valence-corrected chi connectivity index (χ2v) is 5.94. The maximum atomic E-state index is 10.2. The Bertz CT molecular complexity index is 632. The van der Waals surface area contributed by atoms with Gasteiger partial charge >= 0.3 is 0 Å². The molecule has 0 heterocycles. The van der Waals surface area contributed by atoms with Crippen LogP contribution >= 0.6 is 0 Å². The van der Waals surface area contributed by atoms with Crippen molar-refractivity contribution in [3.8, 4) is 0 Å². The number of hydrogen-bond donors (Lipinski definition) is 3. The Kier molecular flexibility index (Phi) is 9.25. The number of ether oxygens (including phenoxy) is 1. The highest BCUT2D eigenvalue weighted by atomic mass is 16.5. The molecule has 0 fully saturated rings. The molecule has 0 amide bonds. The van der Waals surface area contributed by atoms with Gasteiger partial charge < -0.3 is 20.5 Å². The Morgan fingerprint density at radius 2 is 1.73 bits per heavy atom. The van der Waals surface area contributed by atoms with E-state index in [4.69, 9.17) is 4.74 Å². The van der Waals surface area contributed by atoms with Crippen LogP contribution in [0.3, 0.4) is 0 Å². The largest absolute Gasteiger partial charge is 0.388 e. The molecule has 0 aliphatic rings. The fourth-order valence-corrected chi connectivity index (χ4v) is 2.49. The van der Waals surface area contributed by atoms with E-state index in [1.54, 1.807) is 0 Å². The molecule has 3 N–H and O–H groups in total. The van der Waals surface area contributed by atoms with Crippen LogP contribution in [0.4, 0.5) is 0 Å². The van der Waals surface area contributed by atoms with Crippen molar-refractivity contribution in [3.63, 3.8) is 0 Å². The zero-order chi connectivity index (χ0) is 18.5. The molecule has 2 rings (SSSR count). The minimum Gasteiger partial charge on any atom is -0.388 e. The Morgan fingerprint density at radius 3 is 2.42 bits per heavy atom. The first-order chi connectivity index (χ1) is 12.8. The number of rotatable bonds is 10. The second-order valence-electron chi connectivity index (χ2n) is 5.94. The van der Waals surface area contributed by atoms with E-state index in [2.05, 4.69) is 27.8 Å². The van der Waals surface area contributed by atoms with Crippen molar-refractivity contribution < 1.29 is 9.84 Å². The van der Waals surface area contributed by atoms with Gasteiger partial charge in [0, 0.05) is 19.6 Å². The Hall–Kier alpha value is -2.37. The van der Waals surface area contributed by atoms with Crippen LogP contribution in [0.5, 0.6) is 0 Å². The molecule has 1 atom stereocenters. The number of aliphatic hydroxyl groups is 1. The van der Waals surface area contributed by atoms with Gasteiger partial charge in [0.2, 0.25) is 0 Å². The van der Waals surface area contributed by atoms with Crippen LogP contribution in [0.25, 0.3) is 0 Å². The zero-order valence-electron chi connectivity index (χ0n) is 15.4. The minimum atomic E-state index is -0.489. The summed E-state index contributed by atoms with van der Waals surface area (Å²) in [5.74, 6) is 0.746. The summed E-state index contributed by atoms with van der Waals surface area (Å²) >= 11 is 0. The molecule has 26 heavy (non-hydrogen) atoms. The van der Waals surface area contributed by atoms with Crippen LogP contribution < -0.4 is 10.6 Å². The number of nitrogens with one attached hydrogen (secondary N) is 2. The van der Waals surface area contributed by atoms with Crippen molar-refractivity contribution >= 4 is 5.96 Å². The molecule has 2 aromatic carbocycles. The van der Waals surface area contributed by atoms with Crippen molar-refractivity contribution in [3.05, 3.63) is 71.8 Å². The Balaban J connectivity index is 1.67. The van der Waals surface area contributed by atoms with E-state index in [1.807, 2.05) is 55.5 Å².